The lowest BCUT2D eigenvalue weighted by Crippen LogP contribution is -2.72. The van der Waals surface area contributed by atoms with Gasteiger partial charge in [0.15, 0.2) is 8.07 Å². The Balaban J connectivity index is 0.871. The van der Waals surface area contributed by atoms with Crippen molar-refractivity contribution in [1.29, 1.82) is 0 Å². The number of benzene rings is 6. The summed E-state index contributed by atoms with van der Waals surface area (Å²) in [5.41, 5.74) is 21.0. The summed E-state index contributed by atoms with van der Waals surface area (Å²) in [5, 5.41) is 5.48. The van der Waals surface area contributed by atoms with Crippen LogP contribution >= 0.6 is 0 Å². The smallest absolute Gasteiger partial charge is 0.181 e. The zero-order valence-electron chi connectivity index (χ0n) is 67.6. The second-order valence-corrected chi connectivity index (χ2v) is 36.0. The fraction of sp³-hybridized carbons (Fsp3) is 0.451. The molecule has 0 saturated heterocycles. The molecule has 6 aromatic carbocycles. The quantitative estimate of drug-likeness (QED) is 0.0294. The molecule has 9 aromatic rings. The summed E-state index contributed by atoms with van der Waals surface area (Å²) in [5.74, 6) is 1.82. The number of H-pyrrole nitrogens is 2. The van der Waals surface area contributed by atoms with Gasteiger partial charge in [-0.1, -0.05) is 355 Å². The molecule has 1 unspecified atom stereocenters. The number of nitrogens with one attached hydrogen (secondary N) is 2. The standard InChI is InChI=1S/C102H130N4O2Si/c1-6-9-12-15-18-21-24-25-26-27-28-29-30-31-32-35-38-41-49-80-53-61-89(62-54-80)109(90-76-87(107-69-46-39-36-33-22-19-16-13-10-7-2)75-88(77-90)108-70-47-40-37-34-23-20-17-14-11-8-3)99-52-45-44-51-93(99)94-64-56-82(72-100(94)109)102-97-67-59-85(105-97)73-83-57-65-95(103-83)101(96-66-58-84(104-96)74-86-60-68-98(102)106-86)81-55-63-92(79(5)71-81)91-50-43-42-48-78(91)4/h42-45,48,50-68,71-77,103,106H,6-41,46-47,49,69-70H2,1-5H3. The van der Waals surface area contributed by atoms with Gasteiger partial charge >= 0.3 is 0 Å². The van der Waals surface area contributed by atoms with E-state index in [1.807, 2.05) is 0 Å². The van der Waals surface area contributed by atoms with E-state index >= 15 is 0 Å². The van der Waals surface area contributed by atoms with E-state index in [2.05, 4.69) is 233 Å². The van der Waals surface area contributed by atoms with Crippen LogP contribution in [0.3, 0.4) is 0 Å². The summed E-state index contributed by atoms with van der Waals surface area (Å²) in [7, 11) is -3.19. The predicted octanol–water partition coefficient (Wildman–Crippen LogP) is 27.8. The molecule has 8 bridgehead atoms. The van der Waals surface area contributed by atoms with Crippen LogP contribution in [-0.2, 0) is 6.42 Å². The van der Waals surface area contributed by atoms with Crippen molar-refractivity contribution in [3.8, 4) is 56.0 Å². The van der Waals surface area contributed by atoms with E-state index in [-0.39, 0.29) is 0 Å². The third-order valence-electron chi connectivity index (χ3n) is 23.7. The highest BCUT2D eigenvalue weighted by molar-refractivity contribution is 7.22. The molecule has 109 heavy (non-hydrogen) atoms. The number of nitrogens with zero attached hydrogens (tertiary/aromatic N) is 2. The Hall–Kier alpha value is -8.26. The number of ether oxygens (including phenoxy) is 2. The molecule has 6 nitrogen and oxygen atoms in total. The second-order valence-electron chi connectivity index (χ2n) is 32.3. The minimum atomic E-state index is -3.19. The Morgan fingerprint density at radius 1 is 0.312 bits per heavy atom. The van der Waals surface area contributed by atoms with Crippen molar-refractivity contribution in [1.82, 2.24) is 19.9 Å². The highest BCUT2D eigenvalue weighted by Crippen LogP contribution is 2.39. The Bertz CT molecular complexity index is 4500. The Labute approximate surface area is 658 Å². The van der Waals surface area contributed by atoms with E-state index < -0.39 is 8.07 Å². The third kappa shape index (κ3) is 22.1. The molecule has 3 aliphatic rings. The number of aryl methyl sites for hydroxylation is 3. The van der Waals surface area contributed by atoms with Crippen LogP contribution in [0.25, 0.3) is 90.9 Å². The van der Waals surface area contributed by atoms with Crippen LogP contribution in [-0.4, -0.2) is 41.2 Å². The molecule has 2 N–H and O–H groups in total. The summed E-state index contributed by atoms with van der Waals surface area (Å²) in [6.07, 6.45) is 60.6. The molecule has 0 saturated carbocycles. The first-order chi connectivity index (χ1) is 53.8. The number of hydrogen-bond donors (Lipinski definition) is 2. The van der Waals surface area contributed by atoms with Crippen LogP contribution in [0.4, 0.5) is 0 Å². The number of fused-ring (bicyclic) bond motifs is 11. The zero-order valence-corrected chi connectivity index (χ0v) is 68.6. The molecular formula is C102H130N4O2Si. The maximum absolute atomic E-state index is 7.06. The van der Waals surface area contributed by atoms with E-state index in [0.29, 0.717) is 13.2 Å². The summed E-state index contributed by atoms with van der Waals surface area (Å²) < 4.78 is 14.1. The molecule has 12 rings (SSSR count). The van der Waals surface area contributed by atoms with E-state index in [1.54, 1.807) is 0 Å². The van der Waals surface area contributed by atoms with E-state index in [0.717, 1.165) is 97.9 Å². The molecule has 1 atom stereocenters. The minimum absolute atomic E-state index is 0.689. The highest BCUT2D eigenvalue weighted by atomic mass is 28.3. The van der Waals surface area contributed by atoms with Crippen molar-refractivity contribution in [3.05, 3.63) is 203 Å². The molecule has 0 aliphatic carbocycles. The molecule has 0 spiro atoms. The summed E-state index contributed by atoms with van der Waals surface area (Å²) in [6, 6.07) is 62.6. The monoisotopic (exact) mass is 1470 g/mol. The third-order valence-corrected chi connectivity index (χ3v) is 28.6. The molecule has 7 heteroatoms. The maximum atomic E-state index is 7.06. The Morgan fingerprint density at radius 3 is 1.18 bits per heavy atom. The highest BCUT2D eigenvalue weighted by Gasteiger charge is 2.49. The number of aromatic amines is 2. The van der Waals surface area contributed by atoms with Gasteiger partial charge in [0.1, 0.15) is 11.5 Å². The first kappa shape index (κ1) is 80.3. The first-order valence-corrected chi connectivity index (χ1v) is 45.8. The van der Waals surface area contributed by atoms with Crippen molar-refractivity contribution in [2.75, 3.05) is 13.2 Å². The fourth-order valence-electron chi connectivity index (χ4n) is 17.6. The van der Waals surface area contributed by atoms with Crippen LogP contribution in [0.2, 0.25) is 0 Å². The lowest BCUT2D eigenvalue weighted by molar-refractivity contribution is 0.290. The van der Waals surface area contributed by atoms with Crippen molar-refractivity contribution >= 4 is 75.2 Å². The van der Waals surface area contributed by atoms with Gasteiger partial charge in [-0.2, -0.15) is 0 Å². The maximum Gasteiger partial charge on any atom is 0.181 e. The van der Waals surface area contributed by atoms with Gasteiger partial charge in [-0.3, -0.25) is 0 Å². The van der Waals surface area contributed by atoms with E-state index in [1.165, 1.54) is 291 Å². The van der Waals surface area contributed by atoms with Gasteiger partial charge in [-0.05, 0) is 183 Å². The fourth-order valence-corrected chi connectivity index (χ4v) is 22.8. The molecule has 3 aromatic heterocycles. The van der Waals surface area contributed by atoms with Crippen molar-refractivity contribution in [2.24, 2.45) is 0 Å². The average Bonchev–Trinajstić information content (AvgIpc) is 1.54. The second kappa shape index (κ2) is 42.8. The molecular weight excluding hydrogens is 1340 g/mol. The Kier molecular flexibility index (Phi) is 31.5. The normalized spacial score (nSPS) is 13.6. The van der Waals surface area contributed by atoms with Crippen LogP contribution in [0.5, 0.6) is 11.5 Å². The minimum Gasteiger partial charge on any atom is -0.493 e. The van der Waals surface area contributed by atoms with Crippen LogP contribution in [0.15, 0.2) is 164 Å². The zero-order chi connectivity index (χ0) is 75.1. The summed E-state index contributed by atoms with van der Waals surface area (Å²) in [6.45, 7) is 12.7. The van der Waals surface area contributed by atoms with Gasteiger partial charge in [-0.15, -0.1) is 0 Å². The van der Waals surface area contributed by atoms with Gasteiger partial charge in [0, 0.05) is 39.3 Å². The van der Waals surface area contributed by atoms with E-state index in [9.17, 15) is 0 Å². The SMILES string of the molecule is CCCCCCCCCCCCCCCCCCCCc1ccc([Si]2(c3cc(OCCCCCCCCCCCC)cc(OCCCCCCCCCCCC)c3)c3ccccc3-c3ccc(-c4c5nc(cc6ccc([nH]6)c(-c6ccc(-c7ccccc7C)c(C)c6)c6nc(cc7ccc4[nH]7)C=C6)C=C5)cc32)cc1. The number of rotatable bonds is 48. The van der Waals surface area contributed by atoms with E-state index in [4.69, 9.17) is 19.4 Å². The van der Waals surface area contributed by atoms with Gasteiger partial charge in [-0.25, -0.2) is 9.97 Å². The molecule has 0 radical (unpaired) electrons. The van der Waals surface area contributed by atoms with Gasteiger partial charge in [0.2, 0.25) is 0 Å². The lowest BCUT2D eigenvalue weighted by Gasteiger charge is -2.32. The number of hydrogen-bond acceptors (Lipinski definition) is 4. The summed E-state index contributed by atoms with van der Waals surface area (Å²) in [4.78, 5) is 18.7. The molecule has 6 heterocycles. The van der Waals surface area contributed by atoms with Gasteiger partial charge in [0.25, 0.3) is 0 Å². The van der Waals surface area contributed by atoms with Crippen LogP contribution < -0.4 is 30.2 Å². The molecule has 574 valence electrons. The largest absolute Gasteiger partial charge is 0.493 e. The molecule has 3 aliphatic heterocycles. The van der Waals surface area contributed by atoms with Gasteiger partial charge < -0.3 is 19.4 Å². The molecule has 0 fully saturated rings. The van der Waals surface area contributed by atoms with Crippen LogP contribution in [0, 0.1) is 13.8 Å². The predicted molar refractivity (Wildman–Crippen MR) is 474 cm³/mol. The number of unbranched alkanes of at least 4 members (excludes halogenated alkanes) is 35. The molecule has 0 amide bonds. The Morgan fingerprint density at radius 2 is 0.716 bits per heavy atom. The van der Waals surface area contributed by atoms with Crippen LogP contribution in [0.1, 0.15) is 304 Å². The number of aromatic nitrogens is 4. The van der Waals surface area contributed by atoms with Crippen molar-refractivity contribution in [3.63, 3.8) is 0 Å². The van der Waals surface area contributed by atoms with Gasteiger partial charge in [0.05, 0.1) is 36.0 Å². The van der Waals surface area contributed by atoms with Crippen molar-refractivity contribution < 1.29 is 9.47 Å². The lowest BCUT2D eigenvalue weighted by atomic mass is 9.93. The summed E-state index contributed by atoms with van der Waals surface area (Å²) >= 11 is 0. The average molecular weight is 1470 g/mol. The first-order valence-electron chi connectivity index (χ1n) is 43.8. The van der Waals surface area contributed by atoms with Crippen molar-refractivity contribution in [2.45, 2.75) is 285 Å². The topological polar surface area (TPSA) is 75.8 Å².